The highest BCUT2D eigenvalue weighted by molar-refractivity contribution is 8.12. The molecule has 0 saturated carbocycles. The average molecular weight is 294 g/mol. The Balaban J connectivity index is 2.38. The molecule has 2 atom stereocenters. The van der Waals surface area contributed by atoms with Gasteiger partial charge in [0.2, 0.25) is 5.91 Å². The first kappa shape index (κ1) is 12.7. The van der Waals surface area contributed by atoms with E-state index < -0.39 is 27.1 Å². The number of nitrogens with zero attached hydrogens (tertiary/aromatic N) is 1. The quantitative estimate of drug-likeness (QED) is 0.621. The highest BCUT2D eigenvalue weighted by Gasteiger charge is 2.50. The summed E-state index contributed by atoms with van der Waals surface area (Å²) in [6, 6.07) is 6.12. The van der Waals surface area contributed by atoms with Crippen LogP contribution in [0.1, 0.15) is 18.5 Å². The van der Waals surface area contributed by atoms with Gasteiger partial charge in [-0.25, -0.2) is 4.31 Å². The third-order valence-corrected chi connectivity index (χ3v) is 4.35. The molecule has 7 heteroatoms. The van der Waals surface area contributed by atoms with Crippen molar-refractivity contribution in [2.24, 2.45) is 5.92 Å². The second-order valence-electron chi connectivity index (χ2n) is 3.86. The van der Waals surface area contributed by atoms with Gasteiger partial charge in [0.05, 0.1) is 12.0 Å². The summed E-state index contributed by atoms with van der Waals surface area (Å²) < 4.78 is 23.2. The molecule has 92 valence electrons. The second-order valence-corrected chi connectivity index (χ2v) is 6.69. The van der Waals surface area contributed by atoms with Crippen molar-refractivity contribution in [3.05, 3.63) is 34.9 Å². The van der Waals surface area contributed by atoms with Crippen LogP contribution in [-0.2, 0) is 14.0 Å². The lowest BCUT2D eigenvalue weighted by atomic mass is 9.87. The monoisotopic (exact) mass is 293 g/mol. The van der Waals surface area contributed by atoms with Gasteiger partial charge in [-0.15, -0.1) is 0 Å². The van der Waals surface area contributed by atoms with Crippen molar-refractivity contribution in [3.63, 3.8) is 0 Å². The number of rotatable bonds is 2. The van der Waals surface area contributed by atoms with Crippen LogP contribution in [0.3, 0.4) is 0 Å². The minimum Gasteiger partial charge on any atom is -0.273 e. The SMILES string of the molecule is CC1C(=O)N(S(=O)(=O)Cl)C1c1ccc(Cl)cc1. The maximum Gasteiger partial charge on any atom is 0.324 e. The third-order valence-electron chi connectivity index (χ3n) is 2.78. The number of hydrogen-bond acceptors (Lipinski definition) is 3. The van der Waals surface area contributed by atoms with E-state index in [0.717, 1.165) is 0 Å². The van der Waals surface area contributed by atoms with E-state index in [9.17, 15) is 13.2 Å². The van der Waals surface area contributed by atoms with E-state index >= 15 is 0 Å². The molecule has 17 heavy (non-hydrogen) atoms. The van der Waals surface area contributed by atoms with Crippen LogP contribution in [0.2, 0.25) is 5.02 Å². The molecular weight excluding hydrogens is 285 g/mol. The van der Waals surface area contributed by atoms with E-state index in [-0.39, 0.29) is 0 Å². The number of carbonyl (C=O) groups is 1. The van der Waals surface area contributed by atoms with E-state index in [1.165, 1.54) is 0 Å². The maximum absolute atomic E-state index is 11.5. The third kappa shape index (κ3) is 2.14. The fourth-order valence-electron chi connectivity index (χ4n) is 1.92. The summed E-state index contributed by atoms with van der Waals surface area (Å²) in [5.74, 6) is -0.885. The first-order chi connectivity index (χ1) is 7.82. The zero-order valence-electron chi connectivity index (χ0n) is 8.80. The number of β-lactam (4-membered cyclic amide) rings is 1. The predicted octanol–water partition coefficient (Wildman–Crippen LogP) is 2.34. The van der Waals surface area contributed by atoms with Crippen molar-refractivity contribution in [2.45, 2.75) is 13.0 Å². The minimum atomic E-state index is -4.03. The van der Waals surface area contributed by atoms with Crippen molar-refractivity contribution in [2.75, 3.05) is 0 Å². The van der Waals surface area contributed by atoms with Crippen molar-refractivity contribution in [1.82, 2.24) is 4.31 Å². The number of hydrogen-bond donors (Lipinski definition) is 0. The van der Waals surface area contributed by atoms with Gasteiger partial charge in [0.15, 0.2) is 0 Å². The lowest BCUT2D eigenvalue weighted by Crippen LogP contribution is -2.54. The first-order valence-electron chi connectivity index (χ1n) is 4.85. The number of amides is 1. The normalized spacial score (nSPS) is 24.6. The molecular formula is C10H9Cl2NO3S. The summed E-state index contributed by atoms with van der Waals surface area (Å²) in [7, 11) is 1.19. The molecule has 0 bridgehead atoms. The van der Waals surface area contributed by atoms with Crippen molar-refractivity contribution in [3.8, 4) is 0 Å². The van der Waals surface area contributed by atoms with Gasteiger partial charge in [-0.2, -0.15) is 8.42 Å². The van der Waals surface area contributed by atoms with Crippen LogP contribution in [0.15, 0.2) is 24.3 Å². The molecule has 2 rings (SSSR count). The molecule has 1 aromatic rings. The Morgan fingerprint density at radius 1 is 1.24 bits per heavy atom. The largest absolute Gasteiger partial charge is 0.324 e. The molecule has 1 aliphatic heterocycles. The summed E-state index contributed by atoms with van der Waals surface area (Å²) in [6.07, 6.45) is 0. The molecule has 1 fully saturated rings. The number of halogens is 2. The van der Waals surface area contributed by atoms with E-state index in [0.29, 0.717) is 14.9 Å². The molecule has 0 N–H and O–H groups in total. The van der Waals surface area contributed by atoms with Gasteiger partial charge in [0, 0.05) is 15.7 Å². The van der Waals surface area contributed by atoms with E-state index in [4.69, 9.17) is 22.3 Å². The van der Waals surface area contributed by atoms with Crippen molar-refractivity contribution >= 4 is 37.4 Å². The lowest BCUT2D eigenvalue weighted by molar-refractivity contribution is -0.145. The van der Waals surface area contributed by atoms with E-state index in [1.807, 2.05) is 0 Å². The summed E-state index contributed by atoms with van der Waals surface area (Å²) in [6.45, 7) is 1.67. The fraction of sp³-hybridized carbons (Fsp3) is 0.300. The molecule has 4 nitrogen and oxygen atoms in total. The van der Waals surface area contributed by atoms with Crippen molar-refractivity contribution in [1.29, 1.82) is 0 Å². The van der Waals surface area contributed by atoms with Gasteiger partial charge in [0.25, 0.3) is 0 Å². The topological polar surface area (TPSA) is 54.5 Å². The van der Waals surface area contributed by atoms with Gasteiger partial charge in [-0.3, -0.25) is 4.79 Å². The summed E-state index contributed by atoms with van der Waals surface area (Å²) in [4.78, 5) is 11.5. The Morgan fingerprint density at radius 3 is 2.24 bits per heavy atom. The predicted molar refractivity (Wildman–Crippen MR) is 65.0 cm³/mol. The Morgan fingerprint density at radius 2 is 1.76 bits per heavy atom. The standard InChI is InChI=1S/C10H9Cl2NO3S/c1-6-9(7-2-4-8(11)5-3-7)13(10(6)14)17(12,15)16/h2-6,9H,1H3. The van der Waals surface area contributed by atoms with Gasteiger partial charge in [-0.1, -0.05) is 30.7 Å². The Kier molecular flexibility index (Phi) is 3.10. The summed E-state index contributed by atoms with van der Waals surface area (Å²) in [5.41, 5.74) is 0.700. The van der Waals surface area contributed by atoms with Gasteiger partial charge >= 0.3 is 9.24 Å². The summed E-state index contributed by atoms with van der Waals surface area (Å²) >= 11 is 5.74. The fourth-order valence-corrected chi connectivity index (χ4v) is 3.47. The zero-order valence-corrected chi connectivity index (χ0v) is 11.1. The molecule has 2 unspecified atom stereocenters. The molecule has 1 aromatic carbocycles. The lowest BCUT2D eigenvalue weighted by Gasteiger charge is -2.42. The number of benzene rings is 1. The second kappa shape index (κ2) is 4.15. The molecule has 1 saturated heterocycles. The Hall–Kier alpha value is -0.780. The highest BCUT2D eigenvalue weighted by Crippen LogP contribution is 2.42. The van der Waals surface area contributed by atoms with Crippen LogP contribution >= 0.6 is 22.3 Å². The summed E-state index contributed by atoms with van der Waals surface area (Å²) in [5, 5.41) is 0.548. The molecule has 1 aliphatic rings. The van der Waals surface area contributed by atoms with Crippen LogP contribution in [0.5, 0.6) is 0 Å². The Labute approximate surface area is 109 Å². The van der Waals surface area contributed by atoms with Gasteiger partial charge in [0.1, 0.15) is 0 Å². The number of carbonyl (C=O) groups excluding carboxylic acids is 1. The van der Waals surface area contributed by atoms with Crippen molar-refractivity contribution < 1.29 is 13.2 Å². The van der Waals surface area contributed by atoms with Crippen LogP contribution in [-0.4, -0.2) is 18.6 Å². The van der Waals surface area contributed by atoms with Crippen LogP contribution in [0.25, 0.3) is 0 Å². The van der Waals surface area contributed by atoms with Gasteiger partial charge in [-0.05, 0) is 17.7 Å². The molecule has 0 aromatic heterocycles. The maximum atomic E-state index is 11.5. The minimum absolute atomic E-state index is 0.398. The van der Waals surface area contributed by atoms with E-state index in [1.54, 1.807) is 31.2 Å². The first-order valence-corrected chi connectivity index (χ1v) is 7.50. The highest BCUT2D eigenvalue weighted by atomic mass is 35.7. The molecule has 0 radical (unpaired) electrons. The van der Waals surface area contributed by atoms with Gasteiger partial charge < -0.3 is 0 Å². The zero-order chi connectivity index (χ0) is 12.8. The Bertz CT molecular complexity index is 555. The molecule has 0 spiro atoms. The molecule has 1 heterocycles. The molecule has 0 aliphatic carbocycles. The van der Waals surface area contributed by atoms with E-state index in [2.05, 4.69) is 0 Å². The smallest absolute Gasteiger partial charge is 0.273 e. The molecule has 1 amide bonds. The van der Waals surface area contributed by atoms with Crippen LogP contribution in [0.4, 0.5) is 0 Å². The van der Waals surface area contributed by atoms with Crippen LogP contribution < -0.4 is 0 Å². The van der Waals surface area contributed by atoms with Crippen LogP contribution in [0, 0.1) is 5.92 Å². The average Bonchev–Trinajstić information content (AvgIpc) is 2.24.